The minimum absolute atomic E-state index is 0.0235. The third-order valence-corrected chi connectivity index (χ3v) is 8.70. The Labute approximate surface area is 202 Å². The molecular weight excluding hydrogens is 482 g/mol. The molecule has 1 aliphatic heterocycles. The molecule has 1 fully saturated rings. The highest BCUT2D eigenvalue weighted by Crippen LogP contribution is 2.33. The number of morpholine rings is 1. The van der Waals surface area contributed by atoms with Crippen LogP contribution in [0.25, 0.3) is 10.2 Å². The van der Waals surface area contributed by atoms with Crippen molar-refractivity contribution >= 4 is 54.0 Å². The molecule has 33 heavy (non-hydrogen) atoms. The first kappa shape index (κ1) is 24.1. The second-order valence-corrected chi connectivity index (χ2v) is 11.5. The number of rotatable bonds is 8. The van der Waals surface area contributed by atoms with E-state index in [0.29, 0.717) is 27.8 Å². The summed E-state index contributed by atoms with van der Waals surface area (Å²) < 4.78 is 31.0. The molecule has 0 spiro atoms. The molecule has 0 aliphatic carbocycles. The van der Waals surface area contributed by atoms with Crippen molar-refractivity contribution in [2.75, 3.05) is 50.0 Å². The molecule has 2 aromatic carbocycles. The summed E-state index contributed by atoms with van der Waals surface area (Å²) in [6.45, 7) is 6.08. The molecule has 0 radical (unpaired) electrons. The molecule has 1 aliphatic rings. The van der Waals surface area contributed by atoms with Gasteiger partial charge in [0.05, 0.1) is 33.6 Å². The van der Waals surface area contributed by atoms with Crippen LogP contribution in [0.3, 0.4) is 0 Å². The molecule has 1 saturated heterocycles. The van der Waals surface area contributed by atoms with Crippen molar-refractivity contribution in [1.29, 1.82) is 0 Å². The molecule has 3 aromatic rings. The van der Waals surface area contributed by atoms with Crippen LogP contribution in [0, 0.1) is 0 Å². The number of halogens is 1. The predicted octanol–water partition coefficient (Wildman–Crippen LogP) is 4.11. The molecule has 10 heteroatoms. The van der Waals surface area contributed by atoms with Crippen LogP contribution >= 0.6 is 22.9 Å². The zero-order chi connectivity index (χ0) is 23.4. The Kier molecular flexibility index (Phi) is 7.65. The van der Waals surface area contributed by atoms with Crippen molar-refractivity contribution in [1.82, 2.24) is 9.88 Å². The van der Waals surface area contributed by atoms with Gasteiger partial charge < -0.3 is 4.74 Å². The molecule has 0 bridgehead atoms. The molecule has 1 aromatic heterocycles. The number of ether oxygens (including phenoxy) is 1. The molecule has 176 valence electrons. The van der Waals surface area contributed by atoms with E-state index in [-0.39, 0.29) is 16.6 Å². The van der Waals surface area contributed by atoms with E-state index in [1.807, 2.05) is 12.1 Å². The van der Waals surface area contributed by atoms with Gasteiger partial charge >= 0.3 is 0 Å². The number of anilines is 1. The van der Waals surface area contributed by atoms with Crippen molar-refractivity contribution in [2.45, 2.75) is 18.2 Å². The van der Waals surface area contributed by atoms with E-state index in [1.54, 1.807) is 30.0 Å². The Bertz CT molecular complexity index is 1240. The van der Waals surface area contributed by atoms with Gasteiger partial charge in [-0.05, 0) is 36.8 Å². The third-order valence-electron chi connectivity index (χ3n) is 5.61. The summed E-state index contributed by atoms with van der Waals surface area (Å²) >= 11 is 7.72. The van der Waals surface area contributed by atoms with E-state index in [0.717, 1.165) is 44.0 Å². The lowest BCUT2D eigenvalue weighted by Gasteiger charge is -2.27. The molecule has 0 N–H and O–H groups in total. The van der Waals surface area contributed by atoms with E-state index >= 15 is 0 Å². The van der Waals surface area contributed by atoms with Crippen LogP contribution in [-0.2, 0) is 14.6 Å². The maximum atomic E-state index is 13.6. The Morgan fingerprint density at radius 1 is 1.21 bits per heavy atom. The lowest BCUT2D eigenvalue weighted by molar-refractivity contribution is 0.0376. The number of para-hydroxylation sites is 1. The zero-order valence-electron chi connectivity index (χ0n) is 18.4. The van der Waals surface area contributed by atoms with Crippen LogP contribution < -0.4 is 4.90 Å². The number of benzene rings is 2. The number of nitrogens with zero attached hydrogens (tertiary/aromatic N) is 3. The molecule has 7 nitrogen and oxygen atoms in total. The van der Waals surface area contributed by atoms with Crippen LogP contribution in [0.5, 0.6) is 0 Å². The fourth-order valence-corrected chi connectivity index (χ4v) is 5.94. The molecule has 0 saturated carbocycles. The first-order valence-corrected chi connectivity index (χ1v) is 13.7. The van der Waals surface area contributed by atoms with Crippen LogP contribution in [0.2, 0.25) is 5.02 Å². The smallest absolute Gasteiger partial charge is 0.260 e. The van der Waals surface area contributed by atoms with Gasteiger partial charge in [0.25, 0.3) is 5.91 Å². The van der Waals surface area contributed by atoms with Gasteiger partial charge in [0, 0.05) is 31.7 Å². The molecule has 1 amide bonds. The average molecular weight is 508 g/mol. The average Bonchev–Trinajstić information content (AvgIpc) is 3.27. The van der Waals surface area contributed by atoms with Gasteiger partial charge in [-0.25, -0.2) is 13.4 Å². The topological polar surface area (TPSA) is 79.8 Å². The second-order valence-electron chi connectivity index (χ2n) is 7.78. The summed E-state index contributed by atoms with van der Waals surface area (Å²) in [5.74, 6) is -0.301. The number of aromatic nitrogens is 1. The molecule has 0 unspecified atom stereocenters. The van der Waals surface area contributed by atoms with Crippen molar-refractivity contribution in [3.05, 3.63) is 53.1 Å². The number of hydrogen-bond acceptors (Lipinski definition) is 7. The molecule has 2 heterocycles. The van der Waals surface area contributed by atoms with E-state index in [2.05, 4.69) is 9.88 Å². The number of carbonyl (C=O) groups excluding carboxylic acids is 1. The maximum absolute atomic E-state index is 13.6. The Balaban J connectivity index is 1.63. The summed E-state index contributed by atoms with van der Waals surface area (Å²) in [4.78, 5) is 22.3. The maximum Gasteiger partial charge on any atom is 0.260 e. The van der Waals surface area contributed by atoms with Crippen LogP contribution in [-0.4, -0.2) is 69.4 Å². The summed E-state index contributed by atoms with van der Waals surface area (Å²) in [6.07, 6.45) is 0.752. The minimum atomic E-state index is -3.42. The molecule has 4 rings (SSSR count). The fraction of sp³-hybridized carbons (Fsp3) is 0.391. The quantitative estimate of drug-likeness (QED) is 0.456. The Morgan fingerprint density at radius 2 is 1.97 bits per heavy atom. The highest BCUT2D eigenvalue weighted by atomic mass is 35.5. The highest BCUT2D eigenvalue weighted by molar-refractivity contribution is 7.91. The lowest BCUT2D eigenvalue weighted by Crippen LogP contribution is -2.39. The molecule has 0 atom stereocenters. The first-order valence-electron chi connectivity index (χ1n) is 10.9. The Hall–Kier alpha value is -2.04. The zero-order valence-corrected chi connectivity index (χ0v) is 20.8. The van der Waals surface area contributed by atoms with Gasteiger partial charge in [-0.2, -0.15) is 0 Å². The number of thiazole rings is 1. The Morgan fingerprint density at radius 3 is 2.70 bits per heavy atom. The summed E-state index contributed by atoms with van der Waals surface area (Å²) in [5.41, 5.74) is 0.980. The standard InChI is InChI=1S/C23H26ClN3O4S2/c1-2-33(29,30)18-7-3-6-17(16-18)22(28)27(11-5-10-26-12-14-31-15-13-26)23-25-21-19(24)8-4-9-20(21)32-23/h3-4,6-9,16H,2,5,10-15H2,1H3. The largest absolute Gasteiger partial charge is 0.379 e. The van der Waals surface area contributed by atoms with Crippen molar-refractivity contribution < 1.29 is 17.9 Å². The minimum Gasteiger partial charge on any atom is -0.379 e. The predicted molar refractivity (Wildman–Crippen MR) is 132 cm³/mol. The number of amides is 1. The van der Waals surface area contributed by atoms with Gasteiger partial charge in [0.15, 0.2) is 15.0 Å². The van der Waals surface area contributed by atoms with Gasteiger partial charge in [-0.1, -0.05) is 42.0 Å². The van der Waals surface area contributed by atoms with E-state index in [4.69, 9.17) is 16.3 Å². The molecular formula is C23H26ClN3O4S2. The number of carbonyl (C=O) groups is 1. The van der Waals surface area contributed by atoms with Crippen LogP contribution in [0.15, 0.2) is 47.4 Å². The summed E-state index contributed by atoms with van der Waals surface area (Å²) in [7, 11) is -3.42. The van der Waals surface area contributed by atoms with E-state index < -0.39 is 9.84 Å². The van der Waals surface area contributed by atoms with Crippen LogP contribution in [0.1, 0.15) is 23.7 Å². The number of fused-ring (bicyclic) bond motifs is 1. The van der Waals surface area contributed by atoms with Gasteiger partial charge in [-0.15, -0.1) is 0 Å². The summed E-state index contributed by atoms with van der Waals surface area (Å²) in [5, 5.41) is 1.08. The fourth-order valence-electron chi connectivity index (χ4n) is 3.73. The van der Waals surface area contributed by atoms with Crippen molar-refractivity contribution in [3.63, 3.8) is 0 Å². The highest BCUT2D eigenvalue weighted by Gasteiger charge is 2.24. The lowest BCUT2D eigenvalue weighted by atomic mass is 10.2. The normalized spacial score (nSPS) is 15.1. The van der Waals surface area contributed by atoms with Crippen LogP contribution in [0.4, 0.5) is 5.13 Å². The van der Waals surface area contributed by atoms with Gasteiger partial charge in [0.1, 0.15) is 5.52 Å². The summed E-state index contributed by atoms with van der Waals surface area (Å²) in [6, 6.07) is 11.8. The van der Waals surface area contributed by atoms with E-state index in [9.17, 15) is 13.2 Å². The third kappa shape index (κ3) is 5.55. The first-order chi connectivity index (χ1) is 15.9. The van der Waals surface area contributed by atoms with E-state index in [1.165, 1.54) is 23.5 Å². The second kappa shape index (κ2) is 10.5. The van der Waals surface area contributed by atoms with Gasteiger partial charge in [-0.3, -0.25) is 14.6 Å². The van der Waals surface area contributed by atoms with Gasteiger partial charge in [0.2, 0.25) is 0 Å². The van der Waals surface area contributed by atoms with Crippen molar-refractivity contribution in [2.24, 2.45) is 0 Å². The number of sulfone groups is 1. The monoisotopic (exact) mass is 507 g/mol. The number of hydrogen-bond donors (Lipinski definition) is 0. The van der Waals surface area contributed by atoms with Crippen molar-refractivity contribution in [3.8, 4) is 0 Å². The SMILES string of the molecule is CCS(=O)(=O)c1cccc(C(=O)N(CCCN2CCOCC2)c2nc3c(Cl)cccc3s2)c1.